The number of rotatable bonds is 3. The number of carbonyl (C=O) groups is 1. The van der Waals surface area contributed by atoms with Crippen molar-refractivity contribution in [2.24, 2.45) is 0 Å². The summed E-state index contributed by atoms with van der Waals surface area (Å²) in [6.45, 7) is 1.24. The van der Waals surface area contributed by atoms with Crippen molar-refractivity contribution in [3.63, 3.8) is 0 Å². The molecule has 0 bridgehead atoms. The molecule has 0 spiro atoms. The second-order valence-corrected chi connectivity index (χ2v) is 3.77. The van der Waals surface area contributed by atoms with E-state index in [4.69, 9.17) is 9.47 Å². The molecule has 1 heterocycles. The number of allylic oxidation sites excluding steroid dienone is 2. The van der Waals surface area contributed by atoms with Gasteiger partial charge in [-0.25, -0.2) is 0 Å². The summed E-state index contributed by atoms with van der Waals surface area (Å²) in [5.41, 5.74) is 0.982. The summed E-state index contributed by atoms with van der Waals surface area (Å²) >= 11 is 0. The molecule has 0 aromatic heterocycles. The van der Waals surface area contributed by atoms with Crippen LogP contribution in [0, 0.1) is 0 Å². The fraction of sp³-hybridized carbons (Fsp3) is 0.727. The highest BCUT2D eigenvalue weighted by molar-refractivity contribution is 5.95. The van der Waals surface area contributed by atoms with Crippen molar-refractivity contribution < 1.29 is 14.3 Å². The molecule has 0 N–H and O–H groups in total. The molecular weight excluding hydrogens is 180 g/mol. The largest absolute Gasteiger partial charge is 0.350 e. The first-order valence-electron chi connectivity index (χ1n) is 5.32. The molecule has 2 aliphatic rings. The lowest BCUT2D eigenvalue weighted by Gasteiger charge is -2.13. The van der Waals surface area contributed by atoms with Crippen molar-refractivity contribution >= 4 is 5.78 Å². The third-order valence-corrected chi connectivity index (χ3v) is 2.69. The SMILES string of the molecule is O=C(CC1OCCO1)C1=CCCCC1. The molecular formula is C11H16O3. The first-order chi connectivity index (χ1) is 6.86. The Morgan fingerprint density at radius 1 is 1.36 bits per heavy atom. The Kier molecular flexibility index (Phi) is 3.32. The van der Waals surface area contributed by atoms with E-state index in [1.165, 1.54) is 6.42 Å². The van der Waals surface area contributed by atoms with E-state index in [0.717, 1.165) is 24.8 Å². The highest BCUT2D eigenvalue weighted by atomic mass is 16.7. The molecule has 1 aliphatic heterocycles. The monoisotopic (exact) mass is 196 g/mol. The van der Waals surface area contributed by atoms with Crippen LogP contribution in [0.4, 0.5) is 0 Å². The van der Waals surface area contributed by atoms with E-state index in [0.29, 0.717) is 19.6 Å². The van der Waals surface area contributed by atoms with Crippen LogP contribution in [0.5, 0.6) is 0 Å². The highest BCUT2D eigenvalue weighted by Crippen LogP contribution is 2.21. The summed E-state index contributed by atoms with van der Waals surface area (Å²) in [6, 6.07) is 0. The van der Waals surface area contributed by atoms with Gasteiger partial charge < -0.3 is 9.47 Å². The molecule has 1 saturated heterocycles. The second kappa shape index (κ2) is 4.71. The van der Waals surface area contributed by atoms with Gasteiger partial charge >= 0.3 is 0 Å². The number of hydrogen-bond donors (Lipinski definition) is 0. The quantitative estimate of drug-likeness (QED) is 0.690. The molecule has 2 rings (SSSR count). The van der Waals surface area contributed by atoms with Gasteiger partial charge in [-0.3, -0.25) is 4.79 Å². The minimum absolute atomic E-state index is 0.205. The Morgan fingerprint density at radius 3 is 2.79 bits per heavy atom. The van der Waals surface area contributed by atoms with Crippen LogP contribution in [0.2, 0.25) is 0 Å². The summed E-state index contributed by atoms with van der Waals surface area (Å²) in [6.07, 6.45) is 6.52. The zero-order valence-corrected chi connectivity index (χ0v) is 8.33. The van der Waals surface area contributed by atoms with Gasteiger partial charge in [0.05, 0.1) is 19.6 Å². The fourth-order valence-corrected chi connectivity index (χ4v) is 1.90. The zero-order chi connectivity index (χ0) is 9.80. The van der Waals surface area contributed by atoms with Gasteiger partial charge in [0.1, 0.15) is 0 Å². The number of Topliss-reactive ketones (excluding diaryl/α,β-unsaturated/α-hetero) is 1. The van der Waals surface area contributed by atoms with Crippen LogP contribution >= 0.6 is 0 Å². The highest BCUT2D eigenvalue weighted by Gasteiger charge is 2.22. The predicted octanol–water partition coefficient (Wildman–Crippen LogP) is 1.82. The Bertz CT molecular complexity index is 239. The second-order valence-electron chi connectivity index (χ2n) is 3.77. The third-order valence-electron chi connectivity index (χ3n) is 2.69. The van der Waals surface area contributed by atoms with Crippen molar-refractivity contribution in [3.05, 3.63) is 11.6 Å². The van der Waals surface area contributed by atoms with Gasteiger partial charge in [0.2, 0.25) is 0 Å². The van der Waals surface area contributed by atoms with Crippen molar-refractivity contribution in [2.45, 2.75) is 38.4 Å². The first-order valence-corrected chi connectivity index (χ1v) is 5.32. The van der Waals surface area contributed by atoms with Crippen molar-refractivity contribution in [1.82, 2.24) is 0 Å². The smallest absolute Gasteiger partial charge is 0.165 e. The minimum atomic E-state index is -0.287. The number of ketones is 1. The molecule has 0 unspecified atom stereocenters. The maximum atomic E-state index is 11.7. The van der Waals surface area contributed by atoms with Crippen LogP contribution in [0.1, 0.15) is 32.1 Å². The zero-order valence-electron chi connectivity index (χ0n) is 8.33. The lowest BCUT2D eigenvalue weighted by Crippen LogP contribution is -2.16. The number of hydrogen-bond acceptors (Lipinski definition) is 3. The maximum absolute atomic E-state index is 11.7. The Hall–Kier alpha value is -0.670. The topological polar surface area (TPSA) is 35.5 Å². The van der Waals surface area contributed by atoms with E-state index in [2.05, 4.69) is 6.08 Å². The van der Waals surface area contributed by atoms with Gasteiger partial charge in [-0.05, 0) is 31.3 Å². The first kappa shape index (κ1) is 9.87. The molecule has 1 fully saturated rings. The predicted molar refractivity (Wildman–Crippen MR) is 51.9 cm³/mol. The molecule has 0 aromatic carbocycles. The molecule has 78 valence electrons. The summed E-state index contributed by atoms with van der Waals surface area (Å²) in [5.74, 6) is 0.205. The van der Waals surface area contributed by atoms with E-state index >= 15 is 0 Å². The van der Waals surface area contributed by atoms with Crippen LogP contribution < -0.4 is 0 Å². The number of ether oxygens (including phenoxy) is 2. The summed E-state index contributed by atoms with van der Waals surface area (Å²) < 4.78 is 10.5. The Labute approximate surface area is 84.1 Å². The van der Waals surface area contributed by atoms with E-state index in [9.17, 15) is 4.79 Å². The molecule has 0 aromatic rings. The van der Waals surface area contributed by atoms with Crippen molar-refractivity contribution in [2.75, 3.05) is 13.2 Å². The summed E-state index contributed by atoms with van der Waals surface area (Å²) in [4.78, 5) is 11.7. The molecule has 1 aliphatic carbocycles. The van der Waals surface area contributed by atoms with E-state index in [1.807, 2.05) is 0 Å². The van der Waals surface area contributed by atoms with E-state index in [-0.39, 0.29) is 12.1 Å². The van der Waals surface area contributed by atoms with Crippen LogP contribution in [-0.2, 0) is 14.3 Å². The standard InChI is InChI=1S/C11H16O3/c12-10(8-11-13-6-7-14-11)9-4-2-1-3-5-9/h4,11H,1-3,5-8H2. The lowest BCUT2D eigenvalue weighted by molar-refractivity contribution is -0.124. The molecule has 14 heavy (non-hydrogen) atoms. The van der Waals surface area contributed by atoms with Crippen LogP contribution in [0.15, 0.2) is 11.6 Å². The van der Waals surface area contributed by atoms with Gasteiger partial charge in [0.25, 0.3) is 0 Å². The molecule has 3 nitrogen and oxygen atoms in total. The Balaban J connectivity index is 1.84. The van der Waals surface area contributed by atoms with Crippen LogP contribution in [-0.4, -0.2) is 25.3 Å². The van der Waals surface area contributed by atoms with Gasteiger partial charge in [-0.1, -0.05) is 6.08 Å². The van der Waals surface area contributed by atoms with Crippen LogP contribution in [0.25, 0.3) is 0 Å². The van der Waals surface area contributed by atoms with Gasteiger partial charge in [0, 0.05) is 0 Å². The Morgan fingerprint density at radius 2 is 2.14 bits per heavy atom. The average molecular weight is 196 g/mol. The maximum Gasteiger partial charge on any atom is 0.165 e. The van der Waals surface area contributed by atoms with Gasteiger partial charge in [0.15, 0.2) is 12.1 Å². The molecule has 3 heteroatoms. The van der Waals surface area contributed by atoms with Crippen molar-refractivity contribution in [1.29, 1.82) is 0 Å². The minimum Gasteiger partial charge on any atom is -0.350 e. The van der Waals surface area contributed by atoms with Crippen molar-refractivity contribution in [3.8, 4) is 0 Å². The van der Waals surface area contributed by atoms with E-state index < -0.39 is 0 Å². The van der Waals surface area contributed by atoms with E-state index in [1.54, 1.807) is 0 Å². The molecule has 0 radical (unpaired) electrons. The fourth-order valence-electron chi connectivity index (χ4n) is 1.90. The average Bonchev–Trinajstić information content (AvgIpc) is 2.72. The molecule has 0 atom stereocenters. The number of carbonyl (C=O) groups excluding carboxylic acids is 1. The van der Waals surface area contributed by atoms with Crippen LogP contribution in [0.3, 0.4) is 0 Å². The normalized spacial score (nSPS) is 23.6. The molecule has 0 saturated carbocycles. The molecule has 0 amide bonds. The lowest BCUT2D eigenvalue weighted by atomic mass is 9.95. The van der Waals surface area contributed by atoms with Gasteiger partial charge in [-0.2, -0.15) is 0 Å². The summed E-state index contributed by atoms with van der Waals surface area (Å²) in [5, 5.41) is 0. The van der Waals surface area contributed by atoms with Gasteiger partial charge in [-0.15, -0.1) is 0 Å². The third kappa shape index (κ3) is 2.42. The summed E-state index contributed by atoms with van der Waals surface area (Å²) in [7, 11) is 0.